The van der Waals surface area contributed by atoms with Gasteiger partial charge in [0.15, 0.2) is 0 Å². The summed E-state index contributed by atoms with van der Waals surface area (Å²) in [5, 5.41) is 12.5. The predicted octanol–water partition coefficient (Wildman–Crippen LogP) is 2.78. The zero-order valence-corrected chi connectivity index (χ0v) is 16.8. The number of rotatable bonds is 3. The van der Waals surface area contributed by atoms with E-state index in [1.165, 1.54) is 5.56 Å². The molecule has 0 fully saturated rings. The van der Waals surface area contributed by atoms with Gasteiger partial charge >= 0.3 is 0 Å². The van der Waals surface area contributed by atoms with E-state index in [2.05, 4.69) is 21.4 Å². The molecular weight excluding hydrogens is 384 g/mol. The molecular formula is C22H24N4O4. The fraction of sp³-hybridized carbons (Fsp3) is 0.318. The van der Waals surface area contributed by atoms with Crippen LogP contribution in [0.15, 0.2) is 64.2 Å². The van der Waals surface area contributed by atoms with E-state index in [0.717, 1.165) is 48.6 Å². The molecule has 0 unspecified atom stereocenters. The highest BCUT2D eigenvalue weighted by atomic mass is 16.5. The predicted molar refractivity (Wildman–Crippen MR) is 112 cm³/mol. The van der Waals surface area contributed by atoms with Gasteiger partial charge in [-0.2, -0.15) is 0 Å². The largest absolute Gasteiger partial charge is 0.497 e. The lowest BCUT2D eigenvalue weighted by Gasteiger charge is -2.23. The maximum Gasteiger partial charge on any atom is 0.264 e. The maximum absolute atomic E-state index is 10.8. The number of aryl methyl sites for hydroxylation is 1. The van der Waals surface area contributed by atoms with Gasteiger partial charge in [-0.25, -0.2) is 5.10 Å². The number of hydrogen-bond donors (Lipinski definition) is 1. The number of aromatic amines is 1. The summed E-state index contributed by atoms with van der Waals surface area (Å²) >= 11 is 0. The van der Waals surface area contributed by atoms with Gasteiger partial charge in [-0.15, -0.1) is 10.2 Å². The van der Waals surface area contributed by atoms with Gasteiger partial charge in [-0.05, 0) is 36.6 Å². The topological polar surface area (TPSA) is 89.0 Å². The Morgan fingerprint density at radius 2 is 2.07 bits per heavy atom. The lowest BCUT2D eigenvalue weighted by molar-refractivity contribution is 0.272. The van der Waals surface area contributed by atoms with E-state index < -0.39 is 0 Å². The maximum atomic E-state index is 10.8. The number of nitrogens with one attached hydrogen (secondary N) is 1. The number of ether oxygens (including phenoxy) is 3. The number of aromatic nitrogens is 2. The fourth-order valence-corrected chi connectivity index (χ4v) is 3.25. The zero-order chi connectivity index (χ0) is 20.8. The van der Waals surface area contributed by atoms with Crippen LogP contribution in [0, 0.1) is 0 Å². The van der Waals surface area contributed by atoms with Gasteiger partial charge in [-0.3, -0.25) is 9.80 Å². The average Bonchev–Trinajstić information content (AvgIpc) is 2.80. The Labute approximate surface area is 174 Å². The summed E-state index contributed by atoms with van der Waals surface area (Å²) in [5.74, 6) is 2.17. The molecule has 0 amide bonds. The molecule has 30 heavy (non-hydrogen) atoms. The number of methoxy groups -OCH3 is 1. The van der Waals surface area contributed by atoms with Crippen molar-refractivity contribution in [3.05, 3.63) is 75.7 Å². The van der Waals surface area contributed by atoms with Crippen LogP contribution < -0.4 is 15.0 Å². The van der Waals surface area contributed by atoms with Crippen LogP contribution in [0.4, 0.5) is 0 Å². The third kappa shape index (κ3) is 4.89. The minimum Gasteiger partial charge on any atom is -0.497 e. The van der Waals surface area contributed by atoms with Gasteiger partial charge in [0, 0.05) is 29.8 Å². The summed E-state index contributed by atoms with van der Waals surface area (Å²) in [6.07, 6.45) is 9.00. The van der Waals surface area contributed by atoms with Crippen LogP contribution in [0.1, 0.15) is 24.0 Å². The Morgan fingerprint density at radius 1 is 1.20 bits per heavy atom. The number of benzene rings is 1. The van der Waals surface area contributed by atoms with E-state index >= 15 is 0 Å². The SMILES string of the molecule is COc1ccc(CN2C=CC3=CCCOC3=N2)cc1.O=c1cc2c(n[nH]1)OCCC2. The van der Waals surface area contributed by atoms with Crippen molar-refractivity contribution in [1.82, 2.24) is 15.2 Å². The average molecular weight is 408 g/mol. The van der Waals surface area contributed by atoms with Crippen LogP contribution in [0.2, 0.25) is 0 Å². The quantitative estimate of drug-likeness (QED) is 0.840. The molecule has 3 aliphatic rings. The normalized spacial score (nSPS) is 16.5. The smallest absolute Gasteiger partial charge is 0.264 e. The van der Waals surface area contributed by atoms with Crippen molar-refractivity contribution in [3.8, 4) is 11.6 Å². The molecule has 0 aliphatic carbocycles. The van der Waals surface area contributed by atoms with E-state index in [-0.39, 0.29) is 5.56 Å². The second kappa shape index (κ2) is 9.30. The van der Waals surface area contributed by atoms with Crippen molar-refractivity contribution in [2.45, 2.75) is 25.8 Å². The van der Waals surface area contributed by atoms with Gasteiger partial charge in [0.05, 0.1) is 26.9 Å². The third-order valence-corrected chi connectivity index (χ3v) is 4.79. The van der Waals surface area contributed by atoms with Gasteiger partial charge < -0.3 is 14.2 Å². The van der Waals surface area contributed by atoms with E-state index in [9.17, 15) is 4.79 Å². The molecule has 3 aliphatic heterocycles. The lowest BCUT2D eigenvalue weighted by atomic mass is 10.1. The minimum absolute atomic E-state index is 0.158. The van der Waals surface area contributed by atoms with Crippen LogP contribution in [-0.2, 0) is 17.7 Å². The van der Waals surface area contributed by atoms with Crippen molar-refractivity contribution in [3.63, 3.8) is 0 Å². The Kier molecular flexibility index (Phi) is 6.12. The summed E-state index contributed by atoms with van der Waals surface area (Å²) in [7, 11) is 1.67. The summed E-state index contributed by atoms with van der Waals surface area (Å²) in [6, 6.07) is 9.54. The van der Waals surface area contributed by atoms with Crippen LogP contribution in [-0.4, -0.2) is 41.4 Å². The van der Waals surface area contributed by atoms with E-state index in [4.69, 9.17) is 14.2 Å². The summed E-state index contributed by atoms with van der Waals surface area (Å²) < 4.78 is 15.9. The fourth-order valence-electron chi connectivity index (χ4n) is 3.25. The molecule has 1 aromatic heterocycles. The first-order chi connectivity index (χ1) is 14.7. The number of hydrogen-bond acceptors (Lipinski definition) is 7. The third-order valence-electron chi connectivity index (χ3n) is 4.79. The zero-order valence-electron chi connectivity index (χ0n) is 16.8. The second-order valence-electron chi connectivity index (χ2n) is 6.98. The molecule has 8 nitrogen and oxygen atoms in total. The summed E-state index contributed by atoms with van der Waals surface area (Å²) in [6.45, 7) is 2.14. The Morgan fingerprint density at radius 3 is 2.90 bits per heavy atom. The molecule has 0 saturated carbocycles. The first-order valence-corrected chi connectivity index (χ1v) is 9.92. The first kappa shape index (κ1) is 19.8. The highest BCUT2D eigenvalue weighted by Gasteiger charge is 2.16. The monoisotopic (exact) mass is 408 g/mol. The lowest BCUT2D eigenvalue weighted by Crippen LogP contribution is -2.22. The van der Waals surface area contributed by atoms with Crippen molar-refractivity contribution < 1.29 is 14.2 Å². The molecule has 2 aromatic rings. The number of nitrogens with zero attached hydrogens (tertiary/aromatic N) is 3. The molecule has 0 atom stereocenters. The number of fused-ring (bicyclic) bond motifs is 2. The van der Waals surface area contributed by atoms with E-state index in [1.807, 2.05) is 41.6 Å². The van der Waals surface area contributed by atoms with Crippen LogP contribution in [0.5, 0.6) is 11.6 Å². The van der Waals surface area contributed by atoms with Gasteiger partial charge in [0.1, 0.15) is 5.75 Å². The molecule has 1 aromatic carbocycles. The van der Waals surface area contributed by atoms with E-state index in [0.29, 0.717) is 19.1 Å². The van der Waals surface area contributed by atoms with E-state index in [1.54, 1.807) is 13.2 Å². The summed E-state index contributed by atoms with van der Waals surface area (Å²) in [4.78, 5) is 10.8. The van der Waals surface area contributed by atoms with Crippen molar-refractivity contribution in [2.24, 2.45) is 5.10 Å². The molecule has 4 heterocycles. The number of hydrazone groups is 1. The molecule has 8 heteroatoms. The molecule has 1 N–H and O–H groups in total. The van der Waals surface area contributed by atoms with Crippen LogP contribution in [0.25, 0.3) is 0 Å². The second-order valence-corrected chi connectivity index (χ2v) is 6.98. The standard InChI is InChI=1S/C15H16N2O2.C7H8N2O2/c1-18-14-6-4-12(5-7-14)11-17-9-8-13-3-2-10-19-15(13)16-17;10-6-4-5-2-1-3-11-7(5)9-8-6/h3-9H,2,10-11H2,1H3;4H,1-3H2,(H,8,10). The van der Waals surface area contributed by atoms with Gasteiger partial charge in [0.25, 0.3) is 5.56 Å². The van der Waals surface area contributed by atoms with Gasteiger partial charge in [0.2, 0.25) is 11.8 Å². The highest BCUT2D eigenvalue weighted by Crippen LogP contribution is 2.20. The first-order valence-electron chi connectivity index (χ1n) is 9.92. The molecule has 0 radical (unpaired) electrons. The van der Waals surface area contributed by atoms with Crippen LogP contribution >= 0.6 is 0 Å². The highest BCUT2D eigenvalue weighted by molar-refractivity contribution is 5.97. The molecule has 5 rings (SSSR count). The summed E-state index contributed by atoms with van der Waals surface area (Å²) in [5.41, 5.74) is 3.02. The number of H-pyrrole nitrogens is 1. The van der Waals surface area contributed by atoms with Crippen molar-refractivity contribution in [2.75, 3.05) is 20.3 Å². The Balaban J connectivity index is 0.000000168. The Bertz CT molecular complexity index is 1020. The molecule has 0 spiro atoms. The van der Waals surface area contributed by atoms with Gasteiger partial charge in [-0.1, -0.05) is 18.2 Å². The Hall–Kier alpha value is -3.55. The van der Waals surface area contributed by atoms with Crippen molar-refractivity contribution in [1.29, 1.82) is 0 Å². The molecule has 156 valence electrons. The minimum atomic E-state index is -0.158. The molecule has 0 saturated heterocycles. The van der Waals surface area contributed by atoms with Crippen LogP contribution in [0.3, 0.4) is 0 Å². The molecule has 0 bridgehead atoms. The van der Waals surface area contributed by atoms with Crippen molar-refractivity contribution >= 4 is 5.90 Å².